The van der Waals surface area contributed by atoms with E-state index in [4.69, 9.17) is 0 Å². The molecular weight excluding hydrogens is 232 g/mol. The van der Waals surface area contributed by atoms with E-state index in [2.05, 4.69) is 48.3 Å². The van der Waals surface area contributed by atoms with Gasteiger partial charge in [0.25, 0.3) is 0 Å². The fourth-order valence-corrected chi connectivity index (χ4v) is 3.76. The molecule has 0 amide bonds. The Balaban J connectivity index is 1.59. The maximum Gasteiger partial charge on any atom is 0.0294 e. The van der Waals surface area contributed by atoms with Crippen LogP contribution in [0.1, 0.15) is 49.8 Å². The summed E-state index contributed by atoms with van der Waals surface area (Å²) in [6.07, 6.45) is 5.48. The van der Waals surface area contributed by atoms with Gasteiger partial charge in [0.05, 0.1) is 0 Å². The number of nitrogens with zero attached hydrogens (tertiary/aromatic N) is 1. The minimum absolute atomic E-state index is 0.470. The molecule has 1 aromatic rings. The average Bonchev–Trinajstić information content (AvgIpc) is 2.86. The molecule has 1 aromatic carbocycles. The highest BCUT2D eigenvalue weighted by molar-refractivity contribution is 5.24. The van der Waals surface area contributed by atoms with E-state index in [0.29, 0.717) is 12.1 Å². The number of piperidine rings is 1. The van der Waals surface area contributed by atoms with Crippen molar-refractivity contribution >= 4 is 0 Å². The highest BCUT2D eigenvalue weighted by Crippen LogP contribution is 2.28. The zero-order chi connectivity index (χ0) is 13.2. The molecule has 3 atom stereocenters. The highest BCUT2D eigenvalue weighted by atomic mass is 15.2. The summed E-state index contributed by atoms with van der Waals surface area (Å²) in [7, 11) is 0. The topological polar surface area (TPSA) is 15.3 Å². The number of hydrogen-bond acceptors (Lipinski definition) is 2. The van der Waals surface area contributed by atoms with Crippen molar-refractivity contribution in [2.24, 2.45) is 0 Å². The molecule has 0 radical (unpaired) electrons. The molecule has 1 N–H and O–H groups in total. The molecule has 2 heteroatoms. The molecule has 104 valence electrons. The lowest BCUT2D eigenvalue weighted by Crippen LogP contribution is -2.46. The number of fused-ring (bicyclic) bond motifs is 1. The third kappa shape index (κ3) is 3.01. The molecule has 2 aliphatic rings. The number of aryl methyl sites for hydroxylation is 1. The number of benzene rings is 1. The smallest absolute Gasteiger partial charge is 0.0294 e. The van der Waals surface area contributed by atoms with Gasteiger partial charge in [0, 0.05) is 18.1 Å². The molecule has 0 bridgehead atoms. The first-order valence-corrected chi connectivity index (χ1v) is 7.79. The van der Waals surface area contributed by atoms with E-state index < -0.39 is 0 Å². The van der Waals surface area contributed by atoms with Gasteiger partial charge < -0.3 is 10.2 Å². The summed E-state index contributed by atoms with van der Waals surface area (Å²) in [6, 6.07) is 10.9. The van der Waals surface area contributed by atoms with Crippen molar-refractivity contribution in [3.8, 4) is 0 Å². The largest absolute Gasteiger partial charge is 0.307 e. The maximum atomic E-state index is 3.85. The molecule has 3 unspecified atom stereocenters. The molecule has 0 aromatic heterocycles. The number of rotatable bonds is 3. The molecule has 2 fully saturated rings. The van der Waals surface area contributed by atoms with E-state index in [9.17, 15) is 0 Å². The van der Waals surface area contributed by atoms with E-state index in [1.54, 1.807) is 0 Å². The van der Waals surface area contributed by atoms with Crippen LogP contribution in [0, 0.1) is 6.92 Å². The van der Waals surface area contributed by atoms with Gasteiger partial charge in [-0.2, -0.15) is 0 Å². The lowest BCUT2D eigenvalue weighted by molar-refractivity contribution is 0.162. The van der Waals surface area contributed by atoms with Crippen molar-refractivity contribution in [1.82, 2.24) is 10.2 Å². The molecule has 2 nitrogen and oxygen atoms in total. The van der Waals surface area contributed by atoms with Gasteiger partial charge in [-0.05, 0) is 58.2 Å². The summed E-state index contributed by atoms with van der Waals surface area (Å²) >= 11 is 0. The maximum absolute atomic E-state index is 3.85. The second kappa shape index (κ2) is 5.64. The van der Waals surface area contributed by atoms with E-state index in [1.807, 2.05) is 0 Å². The van der Waals surface area contributed by atoms with Gasteiger partial charge in [-0.1, -0.05) is 29.8 Å². The number of hydrogen-bond donors (Lipinski definition) is 1. The molecule has 2 saturated heterocycles. The fraction of sp³-hybridized carbons (Fsp3) is 0.647. The Hall–Kier alpha value is -0.860. The van der Waals surface area contributed by atoms with Gasteiger partial charge in [0.15, 0.2) is 0 Å². The van der Waals surface area contributed by atoms with Crippen LogP contribution in [-0.4, -0.2) is 30.1 Å². The van der Waals surface area contributed by atoms with Crippen molar-refractivity contribution in [1.29, 1.82) is 0 Å². The first-order valence-electron chi connectivity index (χ1n) is 7.79. The van der Waals surface area contributed by atoms with Crippen molar-refractivity contribution in [2.45, 2.75) is 57.7 Å². The van der Waals surface area contributed by atoms with Gasteiger partial charge in [-0.3, -0.25) is 0 Å². The Morgan fingerprint density at radius 1 is 1.26 bits per heavy atom. The normalized spacial score (nSPS) is 29.2. The first kappa shape index (κ1) is 13.1. The Kier molecular flexibility index (Phi) is 3.90. The fourth-order valence-electron chi connectivity index (χ4n) is 3.76. The molecule has 0 spiro atoms. The van der Waals surface area contributed by atoms with E-state index in [-0.39, 0.29) is 0 Å². The van der Waals surface area contributed by atoms with Crippen LogP contribution in [0.2, 0.25) is 0 Å². The van der Waals surface area contributed by atoms with Gasteiger partial charge in [0.2, 0.25) is 0 Å². The Morgan fingerprint density at radius 2 is 2.16 bits per heavy atom. The predicted octanol–water partition coefficient (Wildman–Crippen LogP) is 3.27. The molecule has 0 saturated carbocycles. The summed E-state index contributed by atoms with van der Waals surface area (Å²) in [6.45, 7) is 7.11. The standard InChI is InChI=1S/C17H26N2/c1-13-5-3-6-15(11-13)14(2)18-16-8-10-19-9-4-7-17(19)12-16/h3,5-6,11,14,16-18H,4,7-10,12H2,1-2H3. The lowest BCUT2D eigenvalue weighted by atomic mass is 9.96. The molecular formula is C17H26N2. The van der Waals surface area contributed by atoms with Crippen LogP contribution in [0.5, 0.6) is 0 Å². The zero-order valence-electron chi connectivity index (χ0n) is 12.2. The summed E-state index contributed by atoms with van der Waals surface area (Å²) in [5, 5.41) is 3.85. The summed E-state index contributed by atoms with van der Waals surface area (Å²) < 4.78 is 0. The van der Waals surface area contributed by atoms with Crippen molar-refractivity contribution in [2.75, 3.05) is 13.1 Å². The van der Waals surface area contributed by atoms with Crippen LogP contribution in [-0.2, 0) is 0 Å². The highest BCUT2D eigenvalue weighted by Gasteiger charge is 2.31. The molecule has 19 heavy (non-hydrogen) atoms. The third-order valence-electron chi connectivity index (χ3n) is 4.85. The quantitative estimate of drug-likeness (QED) is 0.895. The van der Waals surface area contributed by atoms with Crippen LogP contribution < -0.4 is 5.32 Å². The first-order chi connectivity index (χ1) is 9.22. The van der Waals surface area contributed by atoms with Crippen LogP contribution >= 0.6 is 0 Å². The zero-order valence-corrected chi connectivity index (χ0v) is 12.2. The second-order valence-corrected chi connectivity index (χ2v) is 6.36. The van der Waals surface area contributed by atoms with Crippen molar-refractivity contribution in [3.63, 3.8) is 0 Å². The monoisotopic (exact) mass is 258 g/mol. The Morgan fingerprint density at radius 3 is 3.00 bits per heavy atom. The lowest BCUT2D eigenvalue weighted by Gasteiger charge is -2.36. The Bertz CT molecular complexity index is 429. The van der Waals surface area contributed by atoms with Crippen LogP contribution in [0.25, 0.3) is 0 Å². The van der Waals surface area contributed by atoms with Crippen molar-refractivity contribution < 1.29 is 0 Å². The SMILES string of the molecule is Cc1cccc(C(C)NC2CCN3CCCC3C2)c1. The summed E-state index contributed by atoms with van der Waals surface area (Å²) in [5.74, 6) is 0. The second-order valence-electron chi connectivity index (χ2n) is 6.36. The minimum atomic E-state index is 0.470. The molecule has 3 rings (SSSR count). The average molecular weight is 258 g/mol. The van der Waals surface area contributed by atoms with E-state index >= 15 is 0 Å². The van der Waals surface area contributed by atoms with Crippen LogP contribution in [0.15, 0.2) is 24.3 Å². The predicted molar refractivity (Wildman–Crippen MR) is 80.3 cm³/mol. The summed E-state index contributed by atoms with van der Waals surface area (Å²) in [5.41, 5.74) is 2.78. The Labute approximate surface area is 117 Å². The minimum Gasteiger partial charge on any atom is -0.307 e. The van der Waals surface area contributed by atoms with E-state index in [1.165, 1.54) is 49.9 Å². The van der Waals surface area contributed by atoms with Gasteiger partial charge >= 0.3 is 0 Å². The van der Waals surface area contributed by atoms with E-state index in [0.717, 1.165) is 6.04 Å². The molecule has 2 heterocycles. The van der Waals surface area contributed by atoms with Gasteiger partial charge in [-0.25, -0.2) is 0 Å². The molecule has 0 aliphatic carbocycles. The van der Waals surface area contributed by atoms with Crippen LogP contribution in [0.3, 0.4) is 0 Å². The molecule has 2 aliphatic heterocycles. The van der Waals surface area contributed by atoms with Crippen molar-refractivity contribution in [3.05, 3.63) is 35.4 Å². The van der Waals surface area contributed by atoms with Gasteiger partial charge in [-0.15, -0.1) is 0 Å². The number of nitrogens with one attached hydrogen (secondary N) is 1. The third-order valence-corrected chi connectivity index (χ3v) is 4.85. The summed E-state index contributed by atoms with van der Waals surface area (Å²) in [4.78, 5) is 2.69. The van der Waals surface area contributed by atoms with Crippen LogP contribution in [0.4, 0.5) is 0 Å². The van der Waals surface area contributed by atoms with Gasteiger partial charge in [0.1, 0.15) is 0 Å².